The van der Waals surface area contributed by atoms with Crippen LogP contribution in [-0.4, -0.2) is 20.9 Å². The fourth-order valence-corrected chi connectivity index (χ4v) is 4.53. The number of rotatable bonds is 7. The van der Waals surface area contributed by atoms with Crippen molar-refractivity contribution in [1.82, 2.24) is 0 Å². The number of nitrogens with one attached hydrogen (secondary N) is 2. The van der Waals surface area contributed by atoms with Crippen molar-refractivity contribution >= 4 is 49.7 Å². The minimum atomic E-state index is -3.81. The highest BCUT2D eigenvalue weighted by atomic mass is 35.5. The third-order valence-corrected chi connectivity index (χ3v) is 6.34. The van der Waals surface area contributed by atoms with Gasteiger partial charge in [0.15, 0.2) is 6.61 Å². The van der Waals surface area contributed by atoms with Gasteiger partial charge in [-0.05, 0) is 41.8 Å². The van der Waals surface area contributed by atoms with E-state index in [1.54, 1.807) is 30.3 Å². The second-order valence-corrected chi connectivity index (χ2v) is 9.02. The van der Waals surface area contributed by atoms with Crippen molar-refractivity contribution in [2.45, 2.75) is 4.90 Å². The first-order valence-corrected chi connectivity index (χ1v) is 11.6. The number of fused-ring (bicyclic) bond motifs is 1. The van der Waals surface area contributed by atoms with Gasteiger partial charge >= 0.3 is 0 Å². The van der Waals surface area contributed by atoms with Crippen LogP contribution < -0.4 is 14.8 Å². The van der Waals surface area contributed by atoms with Gasteiger partial charge in [0.1, 0.15) is 5.75 Å². The monoisotopic (exact) mass is 466 g/mol. The van der Waals surface area contributed by atoms with E-state index >= 15 is 0 Å². The summed E-state index contributed by atoms with van der Waals surface area (Å²) in [6.07, 6.45) is 0. The van der Waals surface area contributed by atoms with E-state index in [1.807, 2.05) is 42.5 Å². The molecule has 1 amide bonds. The molecule has 162 valence electrons. The molecular weight excluding hydrogens is 448 g/mol. The molecule has 6 nitrogen and oxygen atoms in total. The van der Waals surface area contributed by atoms with Gasteiger partial charge in [-0.1, -0.05) is 66.2 Å². The molecule has 4 aromatic carbocycles. The van der Waals surface area contributed by atoms with Crippen molar-refractivity contribution < 1.29 is 17.9 Å². The van der Waals surface area contributed by atoms with Crippen LogP contribution in [-0.2, 0) is 14.8 Å². The molecule has 0 heterocycles. The predicted molar refractivity (Wildman–Crippen MR) is 127 cm³/mol. The van der Waals surface area contributed by atoms with Crippen molar-refractivity contribution in [3.8, 4) is 5.75 Å². The summed E-state index contributed by atoms with van der Waals surface area (Å²) in [7, 11) is -3.81. The Bertz CT molecular complexity index is 1370. The van der Waals surface area contributed by atoms with Crippen LogP contribution in [0.5, 0.6) is 5.75 Å². The Morgan fingerprint density at radius 2 is 1.59 bits per heavy atom. The summed E-state index contributed by atoms with van der Waals surface area (Å²) >= 11 is 6.21. The van der Waals surface area contributed by atoms with Crippen LogP contribution in [0.4, 0.5) is 11.4 Å². The first kappa shape index (κ1) is 21.7. The van der Waals surface area contributed by atoms with E-state index in [1.165, 1.54) is 18.2 Å². The van der Waals surface area contributed by atoms with Gasteiger partial charge in [-0.3, -0.25) is 9.52 Å². The summed E-state index contributed by atoms with van der Waals surface area (Å²) in [5.74, 6) is -0.154. The Labute approximate surface area is 190 Å². The number of hydrogen-bond donors (Lipinski definition) is 2. The largest absolute Gasteiger partial charge is 0.482 e. The average molecular weight is 467 g/mol. The highest BCUT2D eigenvalue weighted by molar-refractivity contribution is 7.92. The zero-order chi connectivity index (χ0) is 22.6. The van der Waals surface area contributed by atoms with E-state index in [2.05, 4.69) is 10.0 Å². The number of para-hydroxylation sites is 1. The fraction of sp³-hybridized carbons (Fsp3) is 0.0417. The van der Waals surface area contributed by atoms with Crippen LogP contribution in [0.25, 0.3) is 10.8 Å². The molecule has 0 saturated heterocycles. The summed E-state index contributed by atoms with van der Waals surface area (Å²) in [4.78, 5) is 12.4. The van der Waals surface area contributed by atoms with E-state index < -0.39 is 10.0 Å². The minimum Gasteiger partial charge on any atom is -0.482 e. The number of sulfonamides is 1. The van der Waals surface area contributed by atoms with Crippen LogP contribution in [0.2, 0.25) is 5.02 Å². The molecule has 0 spiro atoms. The molecule has 0 aliphatic heterocycles. The van der Waals surface area contributed by atoms with Crippen molar-refractivity contribution in [2.24, 2.45) is 0 Å². The molecule has 4 rings (SSSR count). The zero-order valence-electron chi connectivity index (χ0n) is 16.8. The molecule has 32 heavy (non-hydrogen) atoms. The summed E-state index contributed by atoms with van der Waals surface area (Å²) in [6, 6.07) is 26.0. The quantitative estimate of drug-likeness (QED) is 0.386. The summed E-state index contributed by atoms with van der Waals surface area (Å²) in [6.45, 7) is -0.280. The van der Waals surface area contributed by atoms with Gasteiger partial charge in [0.25, 0.3) is 15.9 Å². The number of ether oxygens (including phenoxy) is 1. The van der Waals surface area contributed by atoms with Crippen molar-refractivity contribution in [1.29, 1.82) is 0 Å². The Kier molecular flexibility index (Phi) is 6.30. The number of benzene rings is 4. The maximum Gasteiger partial charge on any atom is 0.262 e. The van der Waals surface area contributed by atoms with Crippen LogP contribution in [0.3, 0.4) is 0 Å². The van der Waals surface area contributed by atoms with E-state index in [0.717, 1.165) is 10.8 Å². The van der Waals surface area contributed by atoms with Gasteiger partial charge < -0.3 is 10.1 Å². The van der Waals surface area contributed by atoms with E-state index in [-0.39, 0.29) is 28.2 Å². The first-order valence-electron chi connectivity index (χ1n) is 9.70. The summed E-state index contributed by atoms with van der Waals surface area (Å²) in [5.41, 5.74) is 1.12. The van der Waals surface area contributed by atoms with Crippen molar-refractivity contribution in [3.63, 3.8) is 0 Å². The Balaban J connectivity index is 1.42. The number of hydrogen-bond acceptors (Lipinski definition) is 4. The lowest BCUT2D eigenvalue weighted by Gasteiger charge is -2.12. The molecule has 0 radical (unpaired) electrons. The smallest absolute Gasteiger partial charge is 0.262 e. The maximum atomic E-state index is 12.6. The second-order valence-electron chi connectivity index (χ2n) is 6.93. The lowest BCUT2D eigenvalue weighted by Crippen LogP contribution is -2.20. The number of anilines is 2. The maximum absolute atomic E-state index is 12.6. The van der Waals surface area contributed by atoms with E-state index in [9.17, 15) is 13.2 Å². The predicted octanol–water partition coefficient (Wildman–Crippen LogP) is 5.31. The highest BCUT2D eigenvalue weighted by Gasteiger charge is 2.17. The summed E-state index contributed by atoms with van der Waals surface area (Å²) in [5, 5.41) is 4.83. The molecule has 2 N–H and O–H groups in total. The average Bonchev–Trinajstić information content (AvgIpc) is 2.79. The van der Waals surface area contributed by atoms with Crippen LogP contribution in [0.1, 0.15) is 0 Å². The van der Waals surface area contributed by atoms with Gasteiger partial charge in [0.2, 0.25) is 0 Å². The Morgan fingerprint density at radius 3 is 2.38 bits per heavy atom. The molecular formula is C24H19ClN2O4S. The number of carbonyl (C=O) groups excluding carboxylic acids is 1. The number of halogens is 1. The van der Waals surface area contributed by atoms with Gasteiger partial charge in [0, 0.05) is 16.8 Å². The molecule has 8 heteroatoms. The minimum absolute atomic E-state index is 0.0149. The number of carbonyl (C=O) groups is 1. The molecule has 0 fully saturated rings. The molecule has 0 bridgehead atoms. The van der Waals surface area contributed by atoms with E-state index in [4.69, 9.17) is 16.3 Å². The lowest BCUT2D eigenvalue weighted by molar-refractivity contribution is -0.118. The fourth-order valence-electron chi connectivity index (χ4n) is 3.15. The van der Waals surface area contributed by atoms with Gasteiger partial charge in [-0.2, -0.15) is 0 Å². The molecule has 0 unspecified atom stereocenters. The molecule has 0 saturated carbocycles. The molecule has 0 atom stereocenters. The van der Waals surface area contributed by atoms with Gasteiger partial charge in [-0.25, -0.2) is 8.42 Å². The molecule has 0 aliphatic rings. The normalized spacial score (nSPS) is 11.2. The summed E-state index contributed by atoms with van der Waals surface area (Å²) < 4.78 is 33.1. The van der Waals surface area contributed by atoms with Gasteiger partial charge in [0.05, 0.1) is 9.92 Å². The Morgan fingerprint density at radius 1 is 0.875 bits per heavy atom. The van der Waals surface area contributed by atoms with Crippen molar-refractivity contribution in [3.05, 3.63) is 96.0 Å². The molecule has 0 aromatic heterocycles. The first-order chi connectivity index (χ1) is 15.4. The Hall–Kier alpha value is -3.55. The van der Waals surface area contributed by atoms with Gasteiger partial charge in [-0.15, -0.1) is 0 Å². The third kappa shape index (κ3) is 5.01. The topological polar surface area (TPSA) is 84.5 Å². The van der Waals surface area contributed by atoms with Crippen LogP contribution in [0.15, 0.2) is 95.9 Å². The second kappa shape index (κ2) is 9.30. The molecule has 4 aromatic rings. The van der Waals surface area contributed by atoms with Crippen LogP contribution >= 0.6 is 11.6 Å². The van der Waals surface area contributed by atoms with Crippen LogP contribution in [0, 0.1) is 0 Å². The van der Waals surface area contributed by atoms with E-state index in [0.29, 0.717) is 11.4 Å². The SMILES string of the molecule is O=C(COc1ccc(S(=O)(=O)Nc2ccccc2)cc1Cl)Nc1cccc2ccccc12. The number of amides is 1. The lowest BCUT2D eigenvalue weighted by atomic mass is 10.1. The standard InChI is InChI=1S/C24H19ClN2O4S/c25-21-15-19(32(29,30)27-18-9-2-1-3-10-18)13-14-23(21)31-16-24(28)26-22-12-6-8-17-7-4-5-11-20(17)22/h1-15,27H,16H2,(H,26,28). The van der Waals surface area contributed by atoms with Crippen molar-refractivity contribution in [2.75, 3.05) is 16.6 Å². The zero-order valence-corrected chi connectivity index (χ0v) is 18.4. The molecule has 0 aliphatic carbocycles. The highest BCUT2D eigenvalue weighted by Crippen LogP contribution is 2.28. The third-order valence-electron chi connectivity index (χ3n) is 4.66.